The maximum atomic E-state index is 11.3. The minimum absolute atomic E-state index is 0.252. The Labute approximate surface area is 83.9 Å². The van der Waals surface area contributed by atoms with Gasteiger partial charge in [-0.3, -0.25) is 9.59 Å². The van der Waals surface area contributed by atoms with Crippen molar-refractivity contribution in [2.75, 3.05) is 12.4 Å². The molecular formula is C10H10BNO2. The van der Waals surface area contributed by atoms with Crippen molar-refractivity contribution in [3.63, 3.8) is 0 Å². The van der Waals surface area contributed by atoms with Gasteiger partial charge in [-0.25, -0.2) is 0 Å². The minimum atomic E-state index is -0.601. The normalized spacial score (nSPS) is 9.57. The van der Waals surface area contributed by atoms with Gasteiger partial charge in [-0.15, -0.1) is 0 Å². The van der Waals surface area contributed by atoms with Crippen LogP contribution in [0.5, 0.6) is 0 Å². The van der Waals surface area contributed by atoms with Crippen molar-refractivity contribution in [1.29, 1.82) is 0 Å². The lowest BCUT2D eigenvalue weighted by Crippen LogP contribution is -2.21. The molecule has 2 radical (unpaired) electrons. The number of aryl methyl sites for hydroxylation is 1. The van der Waals surface area contributed by atoms with Gasteiger partial charge in [-0.2, -0.15) is 0 Å². The van der Waals surface area contributed by atoms with E-state index < -0.39 is 5.78 Å². The molecule has 3 nitrogen and oxygen atoms in total. The minimum Gasteiger partial charge on any atom is -0.388 e. The number of Topliss-reactive ketones (excluding diaryl/α,β-unsaturated/α-hetero) is 1. The first-order chi connectivity index (χ1) is 6.61. The second-order valence-corrected chi connectivity index (χ2v) is 2.95. The van der Waals surface area contributed by atoms with Crippen LogP contribution in [0, 0.1) is 6.92 Å². The third-order valence-corrected chi connectivity index (χ3v) is 2.09. The highest BCUT2D eigenvalue weighted by Gasteiger charge is 2.13. The predicted molar refractivity (Wildman–Crippen MR) is 56.5 cm³/mol. The van der Waals surface area contributed by atoms with Gasteiger partial charge in [-0.05, 0) is 13.0 Å². The zero-order valence-electron chi connectivity index (χ0n) is 8.13. The van der Waals surface area contributed by atoms with E-state index in [0.717, 1.165) is 5.56 Å². The van der Waals surface area contributed by atoms with E-state index >= 15 is 0 Å². The topological polar surface area (TPSA) is 46.2 Å². The Kier molecular flexibility index (Phi) is 3.07. The average molecular weight is 187 g/mol. The van der Waals surface area contributed by atoms with Crippen molar-refractivity contribution in [2.45, 2.75) is 6.92 Å². The maximum Gasteiger partial charge on any atom is 0.226 e. The lowest BCUT2D eigenvalue weighted by Gasteiger charge is -2.11. The maximum absolute atomic E-state index is 11.3. The van der Waals surface area contributed by atoms with Crippen LogP contribution < -0.4 is 10.8 Å². The average Bonchev–Trinajstić information content (AvgIpc) is 2.20. The molecule has 1 aromatic rings. The Bertz CT molecular complexity index is 388. The van der Waals surface area contributed by atoms with Gasteiger partial charge in [0.1, 0.15) is 7.85 Å². The van der Waals surface area contributed by atoms with E-state index in [-0.39, 0.29) is 11.8 Å². The summed E-state index contributed by atoms with van der Waals surface area (Å²) in [5.41, 5.74) is 1.97. The van der Waals surface area contributed by atoms with Crippen LogP contribution >= 0.6 is 0 Å². The zero-order valence-corrected chi connectivity index (χ0v) is 8.13. The van der Waals surface area contributed by atoms with Gasteiger partial charge < -0.3 is 5.32 Å². The molecule has 0 aliphatic carbocycles. The predicted octanol–water partition coefficient (Wildman–Crippen LogP) is 0.212. The molecule has 0 saturated carbocycles. The van der Waals surface area contributed by atoms with Crippen LogP contribution in [0.15, 0.2) is 12.1 Å². The molecular weight excluding hydrogens is 177 g/mol. The summed E-state index contributed by atoms with van der Waals surface area (Å²) < 4.78 is 0. The summed E-state index contributed by atoms with van der Waals surface area (Å²) >= 11 is 0. The van der Waals surface area contributed by atoms with Crippen LogP contribution in [0.3, 0.4) is 0 Å². The van der Waals surface area contributed by atoms with Crippen molar-refractivity contribution < 1.29 is 9.59 Å². The van der Waals surface area contributed by atoms with Crippen LogP contribution in [-0.2, 0) is 4.79 Å². The van der Waals surface area contributed by atoms with Crippen LogP contribution in [-0.4, -0.2) is 27.0 Å². The second-order valence-electron chi connectivity index (χ2n) is 2.95. The van der Waals surface area contributed by atoms with Gasteiger partial charge in [0.2, 0.25) is 5.78 Å². The van der Waals surface area contributed by atoms with Crippen LogP contribution in [0.25, 0.3) is 0 Å². The molecule has 0 heterocycles. The Morgan fingerprint density at radius 1 is 1.50 bits per heavy atom. The summed E-state index contributed by atoms with van der Waals surface area (Å²) in [5.74, 6) is -0.601. The highest BCUT2D eigenvalue weighted by Crippen LogP contribution is 2.13. The van der Waals surface area contributed by atoms with Gasteiger partial charge in [-0.1, -0.05) is 17.1 Å². The summed E-state index contributed by atoms with van der Waals surface area (Å²) in [5, 5.41) is 2.82. The lowest BCUT2D eigenvalue weighted by molar-refractivity contribution is -0.104. The number of aldehydes is 1. The molecule has 14 heavy (non-hydrogen) atoms. The number of hydrogen-bond donors (Lipinski definition) is 1. The Morgan fingerprint density at radius 3 is 2.64 bits per heavy atom. The number of hydrogen-bond acceptors (Lipinski definition) is 3. The van der Waals surface area contributed by atoms with Crippen LogP contribution in [0.2, 0.25) is 0 Å². The molecule has 0 aromatic heterocycles. The molecule has 0 aliphatic heterocycles. The Balaban J connectivity index is 3.42. The number of rotatable bonds is 3. The summed E-state index contributed by atoms with van der Waals surface area (Å²) in [4.78, 5) is 21.7. The fourth-order valence-corrected chi connectivity index (χ4v) is 1.26. The van der Waals surface area contributed by atoms with Crippen LogP contribution in [0.4, 0.5) is 5.69 Å². The molecule has 1 rings (SSSR count). The molecule has 1 aromatic carbocycles. The first-order valence-corrected chi connectivity index (χ1v) is 4.18. The molecule has 0 spiro atoms. The second kappa shape index (κ2) is 4.09. The number of ketones is 1. The lowest BCUT2D eigenvalue weighted by atomic mass is 9.84. The van der Waals surface area contributed by atoms with Gasteiger partial charge in [0.05, 0.1) is 0 Å². The van der Waals surface area contributed by atoms with Crippen molar-refractivity contribution in [3.05, 3.63) is 23.3 Å². The van der Waals surface area contributed by atoms with Crippen molar-refractivity contribution in [1.82, 2.24) is 0 Å². The third-order valence-electron chi connectivity index (χ3n) is 2.09. The number of benzene rings is 1. The number of nitrogens with one attached hydrogen (secondary N) is 1. The monoisotopic (exact) mass is 187 g/mol. The Morgan fingerprint density at radius 2 is 2.14 bits per heavy atom. The van der Waals surface area contributed by atoms with E-state index in [2.05, 4.69) is 5.32 Å². The van der Waals surface area contributed by atoms with E-state index in [1.165, 1.54) is 0 Å². The number of carbonyl (C=O) groups is 2. The molecule has 0 atom stereocenters. The molecule has 1 N–H and O–H groups in total. The molecule has 0 unspecified atom stereocenters. The first-order valence-electron chi connectivity index (χ1n) is 4.18. The fraction of sp³-hybridized carbons (Fsp3) is 0.200. The van der Waals surface area contributed by atoms with Crippen molar-refractivity contribution >= 4 is 31.1 Å². The highest BCUT2D eigenvalue weighted by molar-refractivity contribution is 6.45. The van der Waals surface area contributed by atoms with Gasteiger partial charge in [0, 0.05) is 18.3 Å². The molecule has 0 fully saturated rings. The Hall–Kier alpha value is -1.58. The summed E-state index contributed by atoms with van der Waals surface area (Å²) in [6.07, 6.45) is 0.270. The van der Waals surface area contributed by atoms with Gasteiger partial charge in [0.15, 0.2) is 6.29 Å². The molecule has 0 amide bonds. The molecule has 0 bridgehead atoms. The number of anilines is 1. The highest BCUT2D eigenvalue weighted by atomic mass is 16.2. The van der Waals surface area contributed by atoms with E-state index in [1.54, 1.807) is 26.1 Å². The molecule has 70 valence electrons. The van der Waals surface area contributed by atoms with E-state index in [4.69, 9.17) is 7.85 Å². The van der Waals surface area contributed by atoms with Gasteiger partial charge >= 0.3 is 0 Å². The quantitative estimate of drug-likeness (QED) is 0.318. The third kappa shape index (κ3) is 1.69. The summed E-state index contributed by atoms with van der Waals surface area (Å²) in [7, 11) is 7.39. The van der Waals surface area contributed by atoms with Crippen LogP contribution in [0.1, 0.15) is 15.9 Å². The largest absolute Gasteiger partial charge is 0.388 e. The van der Waals surface area contributed by atoms with Crippen molar-refractivity contribution in [3.8, 4) is 0 Å². The summed E-state index contributed by atoms with van der Waals surface area (Å²) in [6, 6.07) is 3.52. The molecule has 0 aliphatic rings. The van der Waals surface area contributed by atoms with E-state index in [9.17, 15) is 9.59 Å². The SMILES string of the molecule is [B]c1c(C)ccc(NC)c1C(=O)C=O. The van der Waals surface area contributed by atoms with Crippen molar-refractivity contribution in [2.24, 2.45) is 0 Å². The smallest absolute Gasteiger partial charge is 0.226 e. The molecule has 4 heteroatoms. The standard InChI is InChI=1S/C10H10BNO2/c1-6-3-4-7(12-2)9(10(6)11)8(14)5-13/h3-5,12H,1-2H3. The van der Waals surface area contributed by atoms with E-state index in [0.29, 0.717) is 11.2 Å². The fourth-order valence-electron chi connectivity index (χ4n) is 1.26. The summed E-state index contributed by atoms with van der Waals surface area (Å²) in [6.45, 7) is 1.79. The molecule has 0 saturated heterocycles. The van der Waals surface area contributed by atoms with Gasteiger partial charge in [0.25, 0.3) is 0 Å². The first kappa shape index (κ1) is 10.5. The zero-order chi connectivity index (χ0) is 10.7. The van der Waals surface area contributed by atoms with E-state index in [1.807, 2.05) is 0 Å². The number of carbonyl (C=O) groups excluding carboxylic acids is 2.